The number of ether oxygens (including phenoxy) is 1. The SMILES string of the molecule is COC(=O)C(C)(N)c1cnccc1Cl. The van der Waals surface area contributed by atoms with E-state index >= 15 is 0 Å². The minimum Gasteiger partial charge on any atom is -0.467 e. The Morgan fingerprint density at radius 2 is 2.36 bits per heavy atom. The summed E-state index contributed by atoms with van der Waals surface area (Å²) in [5, 5.41) is 0.399. The first-order valence-corrected chi connectivity index (χ1v) is 4.35. The van der Waals surface area contributed by atoms with Gasteiger partial charge in [-0.2, -0.15) is 0 Å². The highest BCUT2D eigenvalue weighted by atomic mass is 35.5. The summed E-state index contributed by atoms with van der Waals surface area (Å²) in [4.78, 5) is 15.2. The fourth-order valence-corrected chi connectivity index (χ4v) is 1.38. The predicted octanol–water partition coefficient (Wildman–Crippen LogP) is 1.08. The van der Waals surface area contributed by atoms with Crippen LogP contribution in [-0.2, 0) is 15.1 Å². The highest BCUT2D eigenvalue weighted by molar-refractivity contribution is 6.31. The maximum absolute atomic E-state index is 11.4. The number of halogens is 1. The summed E-state index contributed by atoms with van der Waals surface area (Å²) in [6.07, 6.45) is 2.98. The van der Waals surface area contributed by atoms with E-state index in [0.29, 0.717) is 10.6 Å². The van der Waals surface area contributed by atoms with Crippen LogP contribution in [0.15, 0.2) is 18.5 Å². The molecule has 0 aromatic carbocycles. The molecule has 0 bridgehead atoms. The molecule has 1 rings (SSSR count). The smallest absolute Gasteiger partial charge is 0.330 e. The number of methoxy groups -OCH3 is 1. The second kappa shape index (κ2) is 3.94. The zero-order chi connectivity index (χ0) is 10.8. The number of aromatic nitrogens is 1. The molecule has 76 valence electrons. The van der Waals surface area contributed by atoms with Crippen LogP contribution in [-0.4, -0.2) is 18.1 Å². The van der Waals surface area contributed by atoms with Crippen LogP contribution in [0.5, 0.6) is 0 Å². The molecule has 4 nitrogen and oxygen atoms in total. The molecule has 0 aliphatic rings. The largest absolute Gasteiger partial charge is 0.467 e. The van der Waals surface area contributed by atoms with E-state index in [9.17, 15) is 4.79 Å². The first-order valence-electron chi connectivity index (χ1n) is 3.97. The lowest BCUT2D eigenvalue weighted by atomic mass is 9.95. The molecule has 0 aliphatic carbocycles. The zero-order valence-electron chi connectivity index (χ0n) is 7.95. The fraction of sp³-hybridized carbons (Fsp3) is 0.333. The maximum Gasteiger partial charge on any atom is 0.330 e. The van der Waals surface area contributed by atoms with Crippen LogP contribution in [0.2, 0.25) is 5.02 Å². The minimum absolute atomic E-state index is 0.399. The van der Waals surface area contributed by atoms with Gasteiger partial charge in [0.05, 0.1) is 7.11 Å². The van der Waals surface area contributed by atoms with Crippen molar-refractivity contribution in [3.8, 4) is 0 Å². The van der Waals surface area contributed by atoms with Gasteiger partial charge >= 0.3 is 5.97 Å². The van der Waals surface area contributed by atoms with Gasteiger partial charge in [0.15, 0.2) is 0 Å². The molecule has 2 N–H and O–H groups in total. The fourth-order valence-electron chi connectivity index (χ4n) is 1.08. The number of hydrogen-bond donors (Lipinski definition) is 1. The lowest BCUT2D eigenvalue weighted by molar-refractivity contribution is -0.146. The van der Waals surface area contributed by atoms with Crippen molar-refractivity contribution in [2.45, 2.75) is 12.5 Å². The topological polar surface area (TPSA) is 65.2 Å². The van der Waals surface area contributed by atoms with Gasteiger partial charge in [0.1, 0.15) is 5.54 Å². The minimum atomic E-state index is -1.26. The van der Waals surface area contributed by atoms with E-state index in [2.05, 4.69) is 9.72 Å². The molecule has 5 heteroatoms. The number of nitrogens with zero attached hydrogens (tertiary/aromatic N) is 1. The second-order valence-electron chi connectivity index (χ2n) is 3.05. The molecule has 1 atom stereocenters. The summed E-state index contributed by atoms with van der Waals surface area (Å²) < 4.78 is 4.57. The lowest BCUT2D eigenvalue weighted by Gasteiger charge is -2.22. The Bertz CT molecular complexity index is 352. The third-order valence-corrected chi connectivity index (χ3v) is 2.27. The Morgan fingerprint density at radius 1 is 1.71 bits per heavy atom. The van der Waals surface area contributed by atoms with Gasteiger partial charge in [-0.15, -0.1) is 0 Å². The van der Waals surface area contributed by atoms with Crippen molar-refractivity contribution >= 4 is 17.6 Å². The molecule has 1 heterocycles. The summed E-state index contributed by atoms with van der Waals surface area (Å²) in [5.74, 6) is -0.549. The highest BCUT2D eigenvalue weighted by Crippen LogP contribution is 2.25. The summed E-state index contributed by atoms with van der Waals surface area (Å²) in [6.45, 7) is 1.53. The molecule has 0 saturated heterocycles. The molecule has 0 spiro atoms. The van der Waals surface area contributed by atoms with Crippen molar-refractivity contribution in [3.63, 3.8) is 0 Å². The Balaban J connectivity index is 3.16. The van der Waals surface area contributed by atoms with Gasteiger partial charge in [-0.3, -0.25) is 4.98 Å². The monoisotopic (exact) mass is 214 g/mol. The Labute approximate surface area is 87.0 Å². The number of nitrogens with two attached hydrogens (primary N) is 1. The van der Waals surface area contributed by atoms with Crippen LogP contribution in [0.4, 0.5) is 0 Å². The van der Waals surface area contributed by atoms with Gasteiger partial charge in [0.25, 0.3) is 0 Å². The van der Waals surface area contributed by atoms with E-state index in [1.54, 1.807) is 6.07 Å². The van der Waals surface area contributed by atoms with E-state index in [1.165, 1.54) is 26.4 Å². The third kappa shape index (κ3) is 1.86. The van der Waals surface area contributed by atoms with Crippen LogP contribution >= 0.6 is 11.6 Å². The summed E-state index contributed by atoms with van der Waals surface area (Å²) in [5.41, 5.74) is 4.98. The number of carbonyl (C=O) groups excluding carboxylic acids is 1. The predicted molar refractivity (Wildman–Crippen MR) is 52.8 cm³/mol. The summed E-state index contributed by atoms with van der Waals surface area (Å²) in [6, 6.07) is 1.57. The van der Waals surface area contributed by atoms with Gasteiger partial charge in [0.2, 0.25) is 0 Å². The third-order valence-electron chi connectivity index (χ3n) is 1.94. The van der Waals surface area contributed by atoms with E-state index in [-0.39, 0.29) is 0 Å². The van der Waals surface area contributed by atoms with Gasteiger partial charge < -0.3 is 10.5 Å². The molecule has 0 aliphatic heterocycles. The van der Waals surface area contributed by atoms with Crippen LogP contribution in [0.3, 0.4) is 0 Å². The van der Waals surface area contributed by atoms with Gasteiger partial charge in [0, 0.05) is 23.0 Å². The van der Waals surface area contributed by atoms with Crippen LogP contribution in [0.1, 0.15) is 12.5 Å². The van der Waals surface area contributed by atoms with Crippen molar-refractivity contribution in [1.29, 1.82) is 0 Å². The van der Waals surface area contributed by atoms with Crippen LogP contribution in [0.25, 0.3) is 0 Å². The molecule has 1 unspecified atom stereocenters. The van der Waals surface area contributed by atoms with Crippen molar-refractivity contribution in [3.05, 3.63) is 29.0 Å². The van der Waals surface area contributed by atoms with Crippen molar-refractivity contribution in [2.24, 2.45) is 5.73 Å². The first-order chi connectivity index (χ1) is 6.50. The van der Waals surface area contributed by atoms with E-state index in [1.807, 2.05) is 0 Å². The molecular weight excluding hydrogens is 204 g/mol. The average molecular weight is 215 g/mol. The van der Waals surface area contributed by atoms with Crippen LogP contribution < -0.4 is 5.73 Å². The summed E-state index contributed by atoms with van der Waals surface area (Å²) >= 11 is 5.88. The van der Waals surface area contributed by atoms with E-state index in [0.717, 1.165) is 0 Å². The first kappa shape index (κ1) is 10.9. The van der Waals surface area contributed by atoms with Gasteiger partial charge in [-0.05, 0) is 13.0 Å². The molecule has 0 fully saturated rings. The molecule has 0 saturated carbocycles. The number of pyridine rings is 1. The van der Waals surface area contributed by atoms with Gasteiger partial charge in [-0.1, -0.05) is 11.6 Å². The standard InChI is InChI=1S/C9H11ClN2O2/c1-9(11,8(13)14-2)6-5-12-4-3-7(6)10/h3-5H,11H2,1-2H3. The molecule has 14 heavy (non-hydrogen) atoms. The molecular formula is C9H11ClN2O2. The van der Waals surface area contributed by atoms with Crippen molar-refractivity contribution in [1.82, 2.24) is 4.98 Å². The second-order valence-corrected chi connectivity index (χ2v) is 3.46. The number of rotatable bonds is 2. The Kier molecular flexibility index (Phi) is 3.08. The normalized spacial score (nSPS) is 14.6. The molecule has 0 amide bonds. The number of esters is 1. The van der Waals surface area contributed by atoms with Crippen molar-refractivity contribution in [2.75, 3.05) is 7.11 Å². The molecule has 0 radical (unpaired) electrons. The zero-order valence-corrected chi connectivity index (χ0v) is 8.71. The molecule has 1 aromatic heterocycles. The summed E-state index contributed by atoms with van der Waals surface area (Å²) in [7, 11) is 1.28. The van der Waals surface area contributed by atoms with Crippen molar-refractivity contribution < 1.29 is 9.53 Å². The average Bonchev–Trinajstić information content (AvgIpc) is 2.17. The van der Waals surface area contributed by atoms with E-state index in [4.69, 9.17) is 17.3 Å². The van der Waals surface area contributed by atoms with Gasteiger partial charge in [-0.25, -0.2) is 4.79 Å². The Morgan fingerprint density at radius 3 is 2.86 bits per heavy atom. The Hall–Kier alpha value is -1.13. The maximum atomic E-state index is 11.4. The lowest BCUT2D eigenvalue weighted by Crippen LogP contribution is -2.43. The quantitative estimate of drug-likeness (QED) is 0.749. The van der Waals surface area contributed by atoms with E-state index < -0.39 is 11.5 Å². The number of carbonyl (C=O) groups is 1. The molecule has 1 aromatic rings. The van der Waals surface area contributed by atoms with Crippen LogP contribution in [0, 0.1) is 0 Å². The number of hydrogen-bond acceptors (Lipinski definition) is 4. The highest BCUT2D eigenvalue weighted by Gasteiger charge is 2.33.